The normalized spacial score (nSPS) is 14.9. The van der Waals surface area contributed by atoms with Crippen molar-refractivity contribution in [2.24, 2.45) is 5.92 Å². The van der Waals surface area contributed by atoms with E-state index in [9.17, 15) is 4.79 Å². The highest BCUT2D eigenvalue weighted by Crippen LogP contribution is 2.29. The Morgan fingerprint density at radius 2 is 1.79 bits per heavy atom. The van der Waals surface area contributed by atoms with Crippen LogP contribution in [0, 0.1) is 5.92 Å². The van der Waals surface area contributed by atoms with Crippen LogP contribution in [-0.4, -0.2) is 39.2 Å². The SMILES string of the molecule is CC(C)c1ccc(-c2nnc(NC(=O)C3CCN(c4ncccn4)CC3)s2)cc1. The van der Waals surface area contributed by atoms with E-state index in [1.54, 1.807) is 18.5 Å². The van der Waals surface area contributed by atoms with Gasteiger partial charge in [0.25, 0.3) is 0 Å². The predicted molar refractivity (Wildman–Crippen MR) is 115 cm³/mol. The lowest BCUT2D eigenvalue weighted by Crippen LogP contribution is -2.39. The molecule has 0 bridgehead atoms. The lowest BCUT2D eigenvalue weighted by molar-refractivity contribution is -0.120. The van der Waals surface area contributed by atoms with Crippen LogP contribution in [0.4, 0.5) is 11.1 Å². The average molecular weight is 409 g/mol. The summed E-state index contributed by atoms with van der Waals surface area (Å²) in [6.45, 7) is 5.88. The van der Waals surface area contributed by atoms with Gasteiger partial charge in [-0.05, 0) is 30.4 Å². The summed E-state index contributed by atoms with van der Waals surface area (Å²) in [5.41, 5.74) is 2.31. The molecule has 3 heterocycles. The van der Waals surface area contributed by atoms with E-state index in [-0.39, 0.29) is 11.8 Å². The molecule has 150 valence electrons. The Morgan fingerprint density at radius 1 is 1.10 bits per heavy atom. The third-order valence-electron chi connectivity index (χ3n) is 5.18. The number of rotatable bonds is 5. The molecule has 0 atom stereocenters. The number of anilines is 2. The molecule has 7 nitrogen and oxygen atoms in total. The lowest BCUT2D eigenvalue weighted by Gasteiger charge is -2.30. The lowest BCUT2D eigenvalue weighted by atomic mass is 9.96. The van der Waals surface area contributed by atoms with Crippen LogP contribution in [0.5, 0.6) is 0 Å². The van der Waals surface area contributed by atoms with Crippen molar-refractivity contribution in [2.75, 3.05) is 23.3 Å². The number of hydrogen-bond acceptors (Lipinski definition) is 7. The Morgan fingerprint density at radius 3 is 2.45 bits per heavy atom. The van der Waals surface area contributed by atoms with E-state index in [1.807, 2.05) is 0 Å². The first-order valence-electron chi connectivity index (χ1n) is 9.87. The number of carbonyl (C=O) groups is 1. The van der Waals surface area contributed by atoms with Crippen molar-refractivity contribution in [3.63, 3.8) is 0 Å². The second kappa shape index (κ2) is 8.65. The van der Waals surface area contributed by atoms with Crippen LogP contribution in [0.25, 0.3) is 10.6 Å². The van der Waals surface area contributed by atoms with E-state index < -0.39 is 0 Å². The van der Waals surface area contributed by atoms with Gasteiger partial charge in [-0.3, -0.25) is 4.79 Å². The molecular weight excluding hydrogens is 384 g/mol. The number of benzene rings is 1. The highest BCUT2D eigenvalue weighted by molar-refractivity contribution is 7.18. The van der Waals surface area contributed by atoms with E-state index in [2.05, 4.69) is 68.5 Å². The standard InChI is InChI=1S/C21H24N6OS/c1-14(2)15-4-6-17(7-5-15)19-25-26-21(29-19)24-18(28)16-8-12-27(13-9-16)20-22-10-3-11-23-20/h3-7,10-11,14,16H,8-9,12-13H2,1-2H3,(H,24,26,28). The fourth-order valence-electron chi connectivity index (χ4n) is 3.40. The molecule has 0 saturated carbocycles. The van der Waals surface area contributed by atoms with Crippen molar-refractivity contribution >= 4 is 28.3 Å². The van der Waals surface area contributed by atoms with Gasteiger partial charge in [-0.15, -0.1) is 10.2 Å². The maximum absolute atomic E-state index is 12.7. The Bertz CT molecular complexity index is 949. The van der Waals surface area contributed by atoms with Crippen LogP contribution in [0.15, 0.2) is 42.7 Å². The number of hydrogen-bond donors (Lipinski definition) is 1. The minimum atomic E-state index is -0.0346. The zero-order valence-electron chi connectivity index (χ0n) is 16.6. The summed E-state index contributed by atoms with van der Waals surface area (Å²) in [7, 11) is 0. The minimum absolute atomic E-state index is 0.0106. The topological polar surface area (TPSA) is 83.9 Å². The molecule has 3 aromatic rings. The maximum Gasteiger partial charge on any atom is 0.229 e. The molecule has 1 fully saturated rings. The number of nitrogens with zero attached hydrogens (tertiary/aromatic N) is 5. The largest absolute Gasteiger partial charge is 0.341 e. The van der Waals surface area contributed by atoms with Gasteiger partial charge >= 0.3 is 0 Å². The van der Waals surface area contributed by atoms with Crippen molar-refractivity contribution in [3.8, 4) is 10.6 Å². The Labute approximate surface area is 174 Å². The fraction of sp³-hybridized carbons (Fsp3) is 0.381. The molecule has 1 saturated heterocycles. The van der Waals surface area contributed by atoms with Crippen LogP contribution in [0.2, 0.25) is 0 Å². The Hall–Kier alpha value is -2.87. The molecule has 0 unspecified atom stereocenters. The van der Waals surface area contributed by atoms with Gasteiger partial charge < -0.3 is 10.2 Å². The highest BCUT2D eigenvalue weighted by Gasteiger charge is 2.26. The predicted octanol–water partition coefficient (Wildman–Crippen LogP) is 3.97. The first-order chi connectivity index (χ1) is 14.1. The summed E-state index contributed by atoms with van der Waals surface area (Å²) >= 11 is 1.41. The van der Waals surface area contributed by atoms with Gasteiger partial charge in [0.2, 0.25) is 17.0 Å². The van der Waals surface area contributed by atoms with Crippen LogP contribution >= 0.6 is 11.3 Å². The van der Waals surface area contributed by atoms with Crippen molar-refractivity contribution in [1.29, 1.82) is 0 Å². The first-order valence-corrected chi connectivity index (χ1v) is 10.7. The monoisotopic (exact) mass is 408 g/mol. The number of nitrogens with one attached hydrogen (secondary N) is 1. The van der Waals surface area contributed by atoms with Crippen LogP contribution < -0.4 is 10.2 Å². The van der Waals surface area contributed by atoms with Crippen LogP contribution in [-0.2, 0) is 4.79 Å². The molecule has 1 aliphatic rings. The van der Waals surface area contributed by atoms with E-state index in [0.29, 0.717) is 11.0 Å². The third kappa shape index (κ3) is 4.59. The minimum Gasteiger partial charge on any atom is -0.341 e. The van der Waals surface area contributed by atoms with Gasteiger partial charge in [-0.1, -0.05) is 49.4 Å². The number of aromatic nitrogens is 4. The van der Waals surface area contributed by atoms with Crippen LogP contribution in [0.1, 0.15) is 38.2 Å². The number of amides is 1. The summed E-state index contributed by atoms with van der Waals surface area (Å²) in [6.07, 6.45) is 5.02. The second-order valence-corrected chi connectivity index (χ2v) is 8.47. The summed E-state index contributed by atoms with van der Waals surface area (Å²) in [5.74, 6) is 1.20. The highest BCUT2D eigenvalue weighted by atomic mass is 32.1. The summed E-state index contributed by atoms with van der Waals surface area (Å²) in [6, 6.07) is 10.2. The van der Waals surface area contributed by atoms with Crippen molar-refractivity contribution in [1.82, 2.24) is 20.2 Å². The average Bonchev–Trinajstić information content (AvgIpc) is 3.23. The maximum atomic E-state index is 12.7. The Kier molecular flexibility index (Phi) is 5.80. The van der Waals surface area contributed by atoms with Gasteiger partial charge in [0.1, 0.15) is 5.01 Å². The molecule has 0 aliphatic carbocycles. The van der Waals surface area contributed by atoms with Gasteiger partial charge in [0, 0.05) is 37.0 Å². The van der Waals surface area contributed by atoms with E-state index in [1.165, 1.54) is 16.9 Å². The summed E-state index contributed by atoms with van der Waals surface area (Å²) in [4.78, 5) is 23.3. The molecule has 1 N–H and O–H groups in total. The van der Waals surface area contributed by atoms with E-state index >= 15 is 0 Å². The summed E-state index contributed by atoms with van der Waals surface area (Å²) in [5, 5.41) is 12.7. The molecule has 29 heavy (non-hydrogen) atoms. The zero-order valence-corrected chi connectivity index (χ0v) is 17.4. The molecule has 1 amide bonds. The fourth-order valence-corrected chi connectivity index (χ4v) is 4.16. The quantitative estimate of drug-likeness (QED) is 0.688. The van der Waals surface area contributed by atoms with Gasteiger partial charge in [0.15, 0.2) is 0 Å². The smallest absolute Gasteiger partial charge is 0.229 e. The van der Waals surface area contributed by atoms with Crippen molar-refractivity contribution in [3.05, 3.63) is 48.3 Å². The molecule has 0 spiro atoms. The van der Waals surface area contributed by atoms with Gasteiger partial charge in [-0.2, -0.15) is 0 Å². The molecule has 8 heteroatoms. The second-order valence-electron chi connectivity index (χ2n) is 7.49. The molecule has 0 radical (unpaired) electrons. The molecule has 2 aromatic heterocycles. The zero-order chi connectivity index (χ0) is 20.2. The Balaban J connectivity index is 1.34. The molecule has 4 rings (SSSR count). The van der Waals surface area contributed by atoms with E-state index in [4.69, 9.17) is 0 Å². The number of carbonyl (C=O) groups excluding carboxylic acids is 1. The number of piperidine rings is 1. The van der Waals surface area contributed by atoms with Crippen molar-refractivity contribution in [2.45, 2.75) is 32.6 Å². The van der Waals surface area contributed by atoms with E-state index in [0.717, 1.165) is 42.5 Å². The van der Waals surface area contributed by atoms with Crippen molar-refractivity contribution < 1.29 is 4.79 Å². The molecule has 1 aliphatic heterocycles. The molecular formula is C21H24N6OS. The molecule has 1 aromatic carbocycles. The van der Waals surface area contributed by atoms with Gasteiger partial charge in [0.05, 0.1) is 0 Å². The summed E-state index contributed by atoms with van der Waals surface area (Å²) < 4.78 is 0. The van der Waals surface area contributed by atoms with Gasteiger partial charge in [-0.25, -0.2) is 9.97 Å². The third-order valence-corrected chi connectivity index (χ3v) is 6.07. The van der Waals surface area contributed by atoms with Crippen LogP contribution in [0.3, 0.4) is 0 Å². The first kappa shape index (κ1) is 19.4.